The number of anilines is 1. The molecule has 1 unspecified atom stereocenters. The molecule has 1 saturated heterocycles. The van der Waals surface area contributed by atoms with E-state index in [2.05, 4.69) is 24.9 Å². The number of pyridine rings is 1. The number of benzene rings is 2. The highest BCUT2D eigenvalue weighted by molar-refractivity contribution is 8.00. The Kier molecular flexibility index (Phi) is 7.20. The van der Waals surface area contributed by atoms with Gasteiger partial charge in [0, 0.05) is 17.1 Å². The molecular weight excluding hydrogens is 470 g/mol. The predicted molar refractivity (Wildman–Crippen MR) is 132 cm³/mol. The molecule has 1 aliphatic rings. The van der Waals surface area contributed by atoms with Crippen molar-refractivity contribution in [3.05, 3.63) is 76.9 Å². The zero-order chi connectivity index (χ0) is 24.2. The molecular formula is C26H22ClN3O3S. The number of nitrogens with zero attached hydrogens (tertiary/aromatic N) is 3. The molecule has 0 saturated carbocycles. The van der Waals surface area contributed by atoms with E-state index in [9.17, 15) is 14.9 Å². The first kappa shape index (κ1) is 23.8. The lowest BCUT2D eigenvalue weighted by Crippen LogP contribution is -2.31. The maximum absolute atomic E-state index is 13.1. The topological polar surface area (TPSA) is 83.3 Å². The van der Waals surface area contributed by atoms with Crippen LogP contribution in [0.25, 0.3) is 0 Å². The largest absolute Gasteiger partial charge is 0.457 e. The number of carbonyl (C=O) groups is 2. The normalized spacial score (nSPS) is 15.6. The fourth-order valence-corrected chi connectivity index (χ4v) is 4.83. The van der Waals surface area contributed by atoms with Crippen molar-refractivity contribution < 1.29 is 14.3 Å². The maximum atomic E-state index is 13.1. The van der Waals surface area contributed by atoms with Gasteiger partial charge in [-0.2, -0.15) is 5.26 Å². The maximum Gasteiger partial charge on any atom is 0.247 e. The Morgan fingerprint density at radius 1 is 1.09 bits per heavy atom. The van der Waals surface area contributed by atoms with Crippen molar-refractivity contribution in [3.63, 3.8) is 0 Å². The highest BCUT2D eigenvalue weighted by Crippen LogP contribution is 2.35. The molecule has 2 amide bonds. The first-order valence-electron chi connectivity index (χ1n) is 10.8. The lowest BCUT2D eigenvalue weighted by atomic mass is 10.1. The average Bonchev–Trinajstić information content (AvgIpc) is 3.08. The van der Waals surface area contributed by atoms with Crippen molar-refractivity contribution in [3.8, 4) is 17.6 Å². The summed E-state index contributed by atoms with van der Waals surface area (Å²) in [6.45, 7) is 4.19. The van der Waals surface area contributed by atoms with Gasteiger partial charge in [-0.05, 0) is 73.0 Å². The van der Waals surface area contributed by atoms with Crippen LogP contribution < -0.4 is 9.64 Å². The number of imide groups is 1. The molecule has 8 heteroatoms. The summed E-state index contributed by atoms with van der Waals surface area (Å²) < 4.78 is 5.78. The van der Waals surface area contributed by atoms with Gasteiger partial charge in [-0.3, -0.25) is 9.59 Å². The van der Waals surface area contributed by atoms with Crippen molar-refractivity contribution in [2.75, 3.05) is 4.90 Å². The van der Waals surface area contributed by atoms with Gasteiger partial charge in [-0.25, -0.2) is 9.88 Å². The van der Waals surface area contributed by atoms with Crippen LogP contribution in [0, 0.1) is 17.2 Å². The van der Waals surface area contributed by atoms with Crippen molar-refractivity contribution in [1.29, 1.82) is 5.26 Å². The fourth-order valence-electron chi connectivity index (χ4n) is 3.59. The number of hydrogen-bond acceptors (Lipinski definition) is 6. The van der Waals surface area contributed by atoms with Gasteiger partial charge in [-0.1, -0.05) is 37.2 Å². The summed E-state index contributed by atoms with van der Waals surface area (Å²) in [4.78, 5) is 31.6. The Morgan fingerprint density at radius 3 is 2.35 bits per heavy atom. The minimum absolute atomic E-state index is 0.0491. The molecule has 0 spiro atoms. The van der Waals surface area contributed by atoms with Crippen LogP contribution in [0.3, 0.4) is 0 Å². The minimum atomic E-state index is -0.633. The van der Waals surface area contributed by atoms with Crippen LogP contribution in [0.2, 0.25) is 5.02 Å². The molecule has 0 aliphatic carbocycles. The average molecular weight is 492 g/mol. The molecule has 3 aromatic rings. The molecule has 0 radical (unpaired) electrons. The SMILES string of the molecule is CC(C)Cc1ccc(C#N)c(SC2CC(=O)N(c3ccc(Oc4ccc(Cl)cc4)cc3)C2=O)n1. The standard InChI is InChI=1S/C26H22ClN3O3S/c1-16(2)13-19-6-3-17(15-28)25(29-19)34-23-14-24(31)30(26(23)32)20-7-11-22(12-8-20)33-21-9-4-18(27)5-10-21/h3-12,16,23H,13-14H2,1-2H3. The van der Waals surface area contributed by atoms with Gasteiger partial charge in [0.05, 0.1) is 16.5 Å². The van der Waals surface area contributed by atoms with E-state index in [1.54, 1.807) is 54.6 Å². The second-order valence-corrected chi connectivity index (χ2v) is 9.92. The Balaban J connectivity index is 1.49. The van der Waals surface area contributed by atoms with E-state index >= 15 is 0 Å². The number of amides is 2. The minimum Gasteiger partial charge on any atom is -0.457 e. The van der Waals surface area contributed by atoms with E-state index in [4.69, 9.17) is 16.3 Å². The molecule has 1 atom stereocenters. The summed E-state index contributed by atoms with van der Waals surface area (Å²) in [5.41, 5.74) is 1.74. The summed E-state index contributed by atoms with van der Waals surface area (Å²) in [7, 11) is 0. The Bertz CT molecular complexity index is 1250. The number of aromatic nitrogens is 1. The molecule has 4 rings (SSSR count). The number of nitriles is 1. The summed E-state index contributed by atoms with van der Waals surface area (Å²) in [5, 5.41) is 9.94. The number of rotatable bonds is 7. The van der Waals surface area contributed by atoms with Crippen LogP contribution in [0.5, 0.6) is 11.5 Å². The quantitative estimate of drug-likeness (QED) is 0.376. The molecule has 0 bridgehead atoms. The van der Waals surface area contributed by atoms with Gasteiger partial charge in [0.15, 0.2) is 0 Å². The predicted octanol–water partition coefficient (Wildman–Crippen LogP) is 6.02. The first-order valence-corrected chi connectivity index (χ1v) is 12.1. The molecule has 0 N–H and O–H groups in total. The highest BCUT2D eigenvalue weighted by atomic mass is 35.5. The molecule has 6 nitrogen and oxygen atoms in total. The van der Waals surface area contributed by atoms with E-state index in [1.807, 2.05) is 6.07 Å². The number of thioether (sulfide) groups is 1. The van der Waals surface area contributed by atoms with Crippen LogP contribution in [0.15, 0.2) is 65.7 Å². The van der Waals surface area contributed by atoms with Crippen LogP contribution in [-0.2, 0) is 16.0 Å². The Labute approximate surface area is 207 Å². The number of hydrogen-bond donors (Lipinski definition) is 0. The summed E-state index contributed by atoms with van der Waals surface area (Å²) in [5.74, 6) is 1.01. The van der Waals surface area contributed by atoms with Gasteiger partial charge < -0.3 is 4.74 Å². The summed E-state index contributed by atoms with van der Waals surface area (Å²) >= 11 is 7.08. The summed E-state index contributed by atoms with van der Waals surface area (Å²) in [6.07, 6.45) is 0.820. The Morgan fingerprint density at radius 2 is 1.74 bits per heavy atom. The lowest BCUT2D eigenvalue weighted by Gasteiger charge is -2.16. The van der Waals surface area contributed by atoms with E-state index in [-0.39, 0.29) is 18.2 Å². The second kappa shape index (κ2) is 10.3. The highest BCUT2D eigenvalue weighted by Gasteiger charge is 2.40. The fraction of sp³-hybridized carbons (Fsp3) is 0.231. The third kappa shape index (κ3) is 5.41. The lowest BCUT2D eigenvalue weighted by molar-refractivity contribution is -0.121. The van der Waals surface area contributed by atoms with Crippen LogP contribution in [0.1, 0.15) is 31.5 Å². The Hall–Kier alpha value is -3.34. The number of ether oxygens (including phenoxy) is 1. The zero-order valence-electron chi connectivity index (χ0n) is 18.7. The first-order chi connectivity index (χ1) is 16.3. The van der Waals surface area contributed by atoms with Crippen molar-refractivity contribution in [2.45, 2.75) is 37.0 Å². The molecule has 1 aromatic heterocycles. The third-order valence-corrected chi connectivity index (χ3v) is 6.60. The van der Waals surface area contributed by atoms with E-state index in [1.165, 1.54) is 16.7 Å². The second-order valence-electron chi connectivity index (χ2n) is 8.29. The van der Waals surface area contributed by atoms with Crippen molar-refractivity contribution in [2.24, 2.45) is 5.92 Å². The van der Waals surface area contributed by atoms with Gasteiger partial charge in [0.1, 0.15) is 22.6 Å². The van der Waals surface area contributed by atoms with E-state index < -0.39 is 5.25 Å². The smallest absolute Gasteiger partial charge is 0.247 e. The van der Waals surface area contributed by atoms with Crippen molar-refractivity contribution >= 4 is 40.9 Å². The summed E-state index contributed by atoms with van der Waals surface area (Å²) in [6, 6.07) is 19.4. The monoisotopic (exact) mass is 491 g/mol. The van der Waals surface area contributed by atoms with Gasteiger partial charge in [0.2, 0.25) is 11.8 Å². The van der Waals surface area contributed by atoms with Gasteiger partial charge in [-0.15, -0.1) is 0 Å². The number of halogens is 1. The van der Waals surface area contributed by atoms with Gasteiger partial charge >= 0.3 is 0 Å². The molecule has 34 heavy (non-hydrogen) atoms. The number of carbonyl (C=O) groups excluding carboxylic acids is 2. The molecule has 1 aliphatic heterocycles. The molecule has 1 fully saturated rings. The zero-order valence-corrected chi connectivity index (χ0v) is 20.3. The molecule has 172 valence electrons. The van der Waals surface area contributed by atoms with E-state index in [0.29, 0.717) is 38.7 Å². The van der Waals surface area contributed by atoms with E-state index in [0.717, 1.165) is 12.1 Å². The van der Waals surface area contributed by atoms with Crippen LogP contribution >= 0.6 is 23.4 Å². The van der Waals surface area contributed by atoms with Crippen LogP contribution in [-0.4, -0.2) is 22.0 Å². The third-order valence-electron chi connectivity index (χ3n) is 5.16. The molecule has 2 aromatic carbocycles. The van der Waals surface area contributed by atoms with Crippen molar-refractivity contribution in [1.82, 2.24) is 4.98 Å². The molecule has 2 heterocycles. The van der Waals surface area contributed by atoms with Gasteiger partial charge in [0.25, 0.3) is 0 Å². The van der Waals surface area contributed by atoms with Crippen LogP contribution in [0.4, 0.5) is 5.69 Å².